The van der Waals surface area contributed by atoms with Crippen LogP contribution in [0.4, 0.5) is 0 Å². The highest BCUT2D eigenvalue weighted by atomic mass is 16.3. The molecule has 0 bridgehead atoms. The van der Waals surface area contributed by atoms with Gasteiger partial charge in [-0.3, -0.25) is 0 Å². The lowest BCUT2D eigenvalue weighted by molar-refractivity contribution is 0.370. The Kier molecular flexibility index (Phi) is 6.65. The predicted molar refractivity (Wildman–Crippen MR) is 198 cm³/mol. The molecule has 8 aromatic rings. The Hall–Kier alpha value is -6.34. The zero-order valence-corrected chi connectivity index (χ0v) is 26.6. The van der Waals surface area contributed by atoms with Gasteiger partial charge >= 0.3 is 0 Å². The van der Waals surface area contributed by atoms with Crippen molar-refractivity contribution in [2.45, 2.75) is 13.8 Å². The molecule has 0 atom stereocenters. The summed E-state index contributed by atoms with van der Waals surface area (Å²) in [4.78, 5) is 0. The SMILES string of the molecule is [B]c1c(O)c(O)c(O)c2c(O)c(-c3c4ccccc4c(-c4cccc(C)c4-c4cc5ccccc5cc4C)c4ccccc34)c(O)c(O)c12. The smallest absolute Gasteiger partial charge is 0.200 e. The molecule has 236 valence electrons. The number of fused-ring (bicyclic) bond motifs is 4. The molecule has 6 N–H and O–H groups in total. The summed E-state index contributed by atoms with van der Waals surface area (Å²) in [5.41, 5.74) is 6.07. The van der Waals surface area contributed by atoms with Gasteiger partial charge in [0.1, 0.15) is 13.6 Å². The van der Waals surface area contributed by atoms with Crippen LogP contribution in [0, 0.1) is 13.8 Å². The van der Waals surface area contributed by atoms with E-state index in [2.05, 4.69) is 50.2 Å². The number of benzene rings is 8. The molecular weight excluding hydrogens is 611 g/mol. The lowest BCUT2D eigenvalue weighted by Crippen LogP contribution is -2.06. The Morgan fingerprint density at radius 1 is 0.388 bits per heavy atom. The molecule has 0 unspecified atom stereocenters. The topological polar surface area (TPSA) is 121 Å². The van der Waals surface area contributed by atoms with E-state index in [4.69, 9.17) is 7.85 Å². The van der Waals surface area contributed by atoms with Gasteiger partial charge in [-0.25, -0.2) is 0 Å². The third-order valence-corrected chi connectivity index (χ3v) is 9.72. The molecule has 8 rings (SSSR count). The van der Waals surface area contributed by atoms with Crippen molar-refractivity contribution in [1.82, 2.24) is 0 Å². The lowest BCUT2D eigenvalue weighted by atomic mass is 9.80. The molecule has 0 saturated carbocycles. The molecule has 2 radical (unpaired) electrons. The Morgan fingerprint density at radius 3 is 1.53 bits per heavy atom. The maximum Gasteiger partial charge on any atom is 0.200 e. The minimum absolute atomic E-state index is 0.168. The number of rotatable bonds is 3. The Morgan fingerprint density at radius 2 is 0.918 bits per heavy atom. The van der Waals surface area contributed by atoms with Crippen LogP contribution in [-0.4, -0.2) is 38.5 Å². The first-order valence-corrected chi connectivity index (χ1v) is 15.8. The largest absolute Gasteiger partial charge is 0.506 e. The van der Waals surface area contributed by atoms with Gasteiger partial charge in [0.2, 0.25) is 0 Å². The molecule has 0 aliphatic carbocycles. The summed E-state index contributed by atoms with van der Waals surface area (Å²) in [7, 11) is 5.99. The first-order chi connectivity index (χ1) is 23.6. The molecule has 49 heavy (non-hydrogen) atoms. The number of aromatic hydroxyl groups is 6. The number of phenolic OH excluding ortho intramolecular Hbond substituents is 6. The van der Waals surface area contributed by atoms with Crippen molar-refractivity contribution in [2.75, 3.05) is 0 Å². The fourth-order valence-electron chi connectivity index (χ4n) is 7.46. The molecule has 7 heteroatoms. The van der Waals surface area contributed by atoms with Crippen molar-refractivity contribution in [2.24, 2.45) is 0 Å². The van der Waals surface area contributed by atoms with Gasteiger partial charge in [0, 0.05) is 10.9 Å². The Labute approximate surface area is 282 Å². The van der Waals surface area contributed by atoms with Gasteiger partial charge < -0.3 is 30.6 Å². The molecule has 0 aliphatic heterocycles. The van der Waals surface area contributed by atoms with Crippen LogP contribution in [0.5, 0.6) is 34.5 Å². The van der Waals surface area contributed by atoms with Crippen LogP contribution in [0.1, 0.15) is 11.1 Å². The van der Waals surface area contributed by atoms with Crippen LogP contribution in [0.25, 0.3) is 76.5 Å². The average Bonchev–Trinajstić information content (AvgIpc) is 3.11. The quantitative estimate of drug-likeness (QED) is 0.0497. The molecular formula is C42H29BO6. The van der Waals surface area contributed by atoms with Crippen LogP contribution in [0.2, 0.25) is 0 Å². The average molecular weight is 641 g/mol. The minimum atomic E-state index is -0.961. The summed E-state index contributed by atoms with van der Waals surface area (Å²) in [5, 5.41) is 70.6. The molecule has 0 spiro atoms. The summed E-state index contributed by atoms with van der Waals surface area (Å²) >= 11 is 0. The molecule has 0 heterocycles. The highest BCUT2D eigenvalue weighted by molar-refractivity contribution is 6.43. The normalized spacial score (nSPS) is 11.6. The second-order valence-corrected chi connectivity index (χ2v) is 12.5. The van der Waals surface area contributed by atoms with Crippen LogP contribution >= 0.6 is 0 Å². The molecule has 0 amide bonds. The minimum Gasteiger partial charge on any atom is -0.506 e. The number of hydrogen-bond acceptors (Lipinski definition) is 6. The van der Waals surface area contributed by atoms with E-state index in [1.165, 1.54) is 0 Å². The third kappa shape index (κ3) is 4.22. The summed E-state index contributed by atoms with van der Waals surface area (Å²) in [5.74, 6) is -4.84. The fourth-order valence-corrected chi connectivity index (χ4v) is 7.46. The van der Waals surface area contributed by atoms with Crippen LogP contribution in [0.3, 0.4) is 0 Å². The first-order valence-electron chi connectivity index (χ1n) is 15.8. The van der Waals surface area contributed by atoms with Crippen molar-refractivity contribution in [3.63, 3.8) is 0 Å². The van der Waals surface area contributed by atoms with Crippen LogP contribution in [-0.2, 0) is 0 Å². The van der Waals surface area contributed by atoms with Crippen LogP contribution < -0.4 is 5.46 Å². The number of phenols is 6. The lowest BCUT2D eigenvalue weighted by Gasteiger charge is -2.23. The van der Waals surface area contributed by atoms with E-state index in [1.807, 2.05) is 66.7 Å². The molecule has 6 nitrogen and oxygen atoms in total. The summed E-state index contributed by atoms with van der Waals surface area (Å²) in [6, 6.07) is 34.2. The number of hydrogen-bond donors (Lipinski definition) is 6. The van der Waals surface area contributed by atoms with E-state index >= 15 is 0 Å². The van der Waals surface area contributed by atoms with E-state index in [0.717, 1.165) is 54.9 Å². The maximum atomic E-state index is 11.8. The monoisotopic (exact) mass is 640 g/mol. The van der Waals surface area contributed by atoms with Crippen molar-refractivity contribution in [3.8, 4) is 67.9 Å². The van der Waals surface area contributed by atoms with E-state index in [0.29, 0.717) is 16.3 Å². The van der Waals surface area contributed by atoms with Crippen LogP contribution in [0.15, 0.2) is 103 Å². The molecule has 0 fully saturated rings. The van der Waals surface area contributed by atoms with E-state index in [-0.39, 0.29) is 5.56 Å². The van der Waals surface area contributed by atoms with Gasteiger partial charge in [-0.05, 0) is 91.1 Å². The van der Waals surface area contributed by atoms with Gasteiger partial charge in [-0.15, -0.1) is 0 Å². The maximum absolute atomic E-state index is 11.8. The van der Waals surface area contributed by atoms with Crippen molar-refractivity contribution < 1.29 is 30.6 Å². The molecule has 8 aromatic carbocycles. The Bertz CT molecular complexity index is 2660. The second kappa shape index (κ2) is 10.9. The highest BCUT2D eigenvalue weighted by Crippen LogP contribution is 2.57. The predicted octanol–water partition coefficient (Wildman–Crippen LogP) is 8.94. The standard InChI is InChI=1S/C42H29BO6/c1-20-10-9-17-28(30(20)29-19-23-12-4-3-11-22(23)18-21(29)2)31-24-13-5-7-15-26(24)32(27-16-8-6-14-25(27)31)34-37(44)35-33(38(45)39(34)46)36(43)41(48)42(49)40(35)47/h3-19,44-49H,1-2H3. The number of aryl methyl sites for hydroxylation is 2. The zero-order chi connectivity index (χ0) is 34.3. The summed E-state index contributed by atoms with van der Waals surface area (Å²) in [6.07, 6.45) is 0. The van der Waals surface area contributed by atoms with Crippen molar-refractivity contribution >= 4 is 56.4 Å². The zero-order valence-electron chi connectivity index (χ0n) is 26.6. The van der Waals surface area contributed by atoms with Gasteiger partial charge in [-0.2, -0.15) is 0 Å². The van der Waals surface area contributed by atoms with Gasteiger partial charge in [0.05, 0.1) is 10.9 Å². The molecule has 0 aromatic heterocycles. The summed E-state index contributed by atoms with van der Waals surface area (Å²) < 4.78 is 0. The van der Waals surface area contributed by atoms with Gasteiger partial charge in [0.25, 0.3) is 0 Å². The second-order valence-electron chi connectivity index (χ2n) is 12.5. The summed E-state index contributed by atoms with van der Waals surface area (Å²) in [6.45, 7) is 4.22. The fraction of sp³-hybridized carbons (Fsp3) is 0.0476. The molecule has 0 saturated heterocycles. The third-order valence-electron chi connectivity index (χ3n) is 9.72. The van der Waals surface area contributed by atoms with Crippen molar-refractivity contribution in [1.29, 1.82) is 0 Å². The van der Waals surface area contributed by atoms with Crippen molar-refractivity contribution in [3.05, 3.63) is 114 Å². The molecule has 0 aliphatic rings. The van der Waals surface area contributed by atoms with Gasteiger partial charge in [0.15, 0.2) is 28.7 Å². The first kappa shape index (κ1) is 30.0. The van der Waals surface area contributed by atoms with E-state index < -0.39 is 50.7 Å². The van der Waals surface area contributed by atoms with E-state index in [9.17, 15) is 30.6 Å². The Balaban J connectivity index is 1.53. The van der Waals surface area contributed by atoms with Gasteiger partial charge in [-0.1, -0.05) is 97.1 Å². The van der Waals surface area contributed by atoms with E-state index in [1.54, 1.807) is 0 Å². The highest BCUT2D eigenvalue weighted by Gasteiger charge is 2.30.